The first-order chi connectivity index (χ1) is 6.27. The number of nitrogens with two attached hydrogens (primary N) is 1. The zero-order valence-corrected chi connectivity index (χ0v) is 7.88. The summed E-state index contributed by atoms with van der Waals surface area (Å²) in [7, 11) is 0. The first-order valence-corrected chi connectivity index (χ1v) is 4.42. The van der Waals surface area contributed by atoms with Crippen LogP contribution in [-0.2, 0) is 6.61 Å². The topological polar surface area (TPSA) is 58.3 Å². The first-order valence-electron chi connectivity index (χ1n) is 4.42. The van der Waals surface area contributed by atoms with Crippen molar-refractivity contribution in [1.29, 1.82) is 0 Å². The number of aliphatic hydroxyl groups is 1. The minimum Gasteiger partial charge on any atom is -0.392 e. The number of benzene rings is 1. The maximum atomic E-state index is 8.93. The Bertz CT molecular complexity index is 274. The lowest BCUT2D eigenvalue weighted by Crippen LogP contribution is -2.13. The highest BCUT2D eigenvalue weighted by atomic mass is 16.3. The number of hydrogen-bond donors (Lipinski definition) is 3. The van der Waals surface area contributed by atoms with Gasteiger partial charge in [-0.1, -0.05) is 12.1 Å². The van der Waals surface area contributed by atoms with Crippen LogP contribution in [0, 0.1) is 6.92 Å². The van der Waals surface area contributed by atoms with Crippen molar-refractivity contribution in [2.75, 3.05) is 18.4 Å². The van der Waals surface area contributed by atoms with Gasteiger partial charge in [-0.05, 0) is 24.1 Å². The third-order valence-corrected chi connectivity index (χ3v) is 1.94. The van der Waals surface area contributed by atoms with Crippen LogP contribution < -0.4 is 11.1 Å². The van der Waals surface area contributed by atoms with Crippen molar-refractivity contribution in [3.05, 3.63) is 29.3 Å². The Hall–Kier alpha value is -1.06. The Balaban J connectivity index is 2.78. The van der Waals surface area contributed by atoms with Crippen molar-refractivity contribution in [1.82, 2.24) is 0 Å². The SMILES string of the molecule is Cc1ccc(CO)cc1NCCN. The maximum Gasteiger partial charge on any atom is 0.0682 e. The van der Waals surface area contributed by atoms with E-state index < -0.39 is 0 Å². The van der Waals surface area contributed by atoms with Crippen molar-refractivity contribution in [3.63, 3.8) is 0 Å². The zero-order valence-electron chi connectivity index (χ0n) is 7.88. The Morgan fingerprint density at radius 2 is 2.23 bits per heavy atom. The number of rotatable bonds is 4. The molecule has 0 aliphatic heterocycles. The monoisotopic (exact) mass is 180 g/mol. The van der Waals surface area contributed by atoms with Gasteiger partial charge in [0, 0.05) is 18.8 Å². The Morgan fingerprint density at radius 3 is 2.85 bits per heavy atom. The van der Waals surface area contributed by atoms with Gasteiger partial charge < -0.3 is 16.2 Å². The molecule has 0 aromatic heterocycles. The molecule has 0 unspecified atom stereocenters. The summed E-state index contributed by atoms with van der Waals surface area (Å²) < 4.78 is 0. The molecular weight excluding hydrogens is 164 g/mol. The van der Waals surface area contributed by atoms with E-state index in [1.165, 1.54) is 5.56 Å². The fourth-order valence-corrected chi connectivity index (χ4v) is 1.16. The molecule has 0 aliphatic carbocycles. The lowest BCUT2D eigenvalue weighted by atomic mass is 10.1. The van der Waals surface area contributed by atoms with Gasteiger partial charge in [-0.2, -0.15) is 0 Å². The molecular formula is C10H16N2O. The molecule has 0 fully saturated rings. The van der Waals surface area contributed by atoms with Crippen molar-refractivity contribution in [2.45, 2.75) is 13.5 Å². The third kappa shape index (κ3) is 2.72. The first kappa shape index (κ1) is 10.0. The highest BCUT2D eigenvalue weighted by molar-refractivity contribution is 5.52. The van der Waals surface area contributed by atoms with Gasteiger partial charge in [0.05, 0.1) is 6.61 Å². The lowest BCUT2D eigenvalue weighted by Gasteiger charge is -2.09. The molecule has 0 aliphatic rings. The molecule has 0 amide bonds. The maximum absolute atomic E-state index is 8.93. The van der Waals surface area contributed by atoms with E-state index in [-0.39, 0.29) is 6.61 Å². The molecule has 0 atom stereocenters. The van der Waals surface area contributed by atoms with E-state index in [2.05, 4.69) is 5.32 Å². The predicted molar refractivity (Wildman–Crippen MR) is 54.6 cm³/mol. The van der Waals surface area contributed by atoms with E-state index in [9.17, 15) is 0 Å². The number of hydrogen-bond acceptors (Lipinski definition) is 3. The largest absolute Gasteiger partial charge is 0.392 e. The molecule has 0 radical (unpaired) electrons. The Morgan fingerprint density at radius 1 is 1.46 bits per heavy atom. The molecule has 3 heteroatoms. The van der Waals surface area contributed by atoms with E-state index in [1.54, 1.807) is 0 Å². The second-order valence-electron chi connectivity index (χ2n) is 3.02. The number of anilines is 1. The van der Waals surface area contributed by atoms with Crippen LogP contribution in [0.3, 0.4) is 0 Å². The van der Waals surface area contributed by atoms with Crippen LogP contribution in [0.5, 0.6) is 0 Å². The molecule has 4 N–H and O–H groups in total. The van der Waals surface area contributed by atoms with E-state index in [4.69, 9.17) is 10.8 Å². The smallest absolute Gasteiger partial charge is 0.0682 e. The summed E-state index contributed by atoms with van der Waals surface area (Å²) in [6.45, 7) is 3.48. The second kappa shape index (κ2) is 4.84. The van der Waals surface area contributed by atoms with E-state index >= 15 is 0 Å². The van der Waals surface area contributed by atoms with E-state index in [0.29, 0.717) is 6.54 Å². The number of aliphatic hydroxyl groups excluding tert-OH is 1. The average Bonchev–Trinajstić information content (AvgIpc) is 2.17. The molecule has 0 bridgehead atoms. The summed E-state index contributed by atoms with van der Waals surface area (Å²) in [6, 6.07) is 5.86. The van der Waals surface area contributed by atoms with Gasteiger partial charge in [-0.25, -0.2) is 0 Å². The highest BCUT2D eigenvalue weighted by Crippen LogP contribution is 2.16. The molecule has 13 heavy (non-hydrogen) atoms. The van der Waals surface area contributed by atoms with Crippen molar-refractivity contribution in [3.8, 4) is 0 Å². The van der Waals surface area contributed by atoms with Crippen molar-refractivity contribution in [2.24, 2.45) is 5.73 Å². The van der Waals surface area contributed by atoms with Gasteiger partial charge in [0.25, 0.3) is 0 Å². The molecule has 0 saturated heterocycles. The van der Waals surface area contributed by atoms with Crippen molar-refractivity contribution < 1.29 is 5.11 Å². The summed E-state index contributed by atoms with van der Waals surface area (Å²) in [6.07, 6.45) is 0. The summed E-state index contributed by atoms with van der Waals surface area (Å²) in [5.41, 5.74) is 8.53. The number of aryl methyl sites for hydroxylation is 1. The van der Waals surface area contributed by atoms with Crippen LogP contribution in [-0.4, -0.2) is 18.2 Å². The lowest BCUT2D eigenvalue weighted by molar-refractivity contribution is 0.282. The molecule has 1 aromatic carbocycles. The van der Waals surface area contributed by atoms with Gasteiger partial charge in [0.2, 0.25) is 0 Å². The highest BCUT2D eigenvalue weighted by Gasteiger charge is 1.98. The standard InChI is InChI=1S/C10H16N2O/c1-8-2-3-9(7-13)6-10(8)12-5-4-11/h2-3,6,12-13H,4-5,7,11H2,1H3. The summed E-state index contributed by atoms with van der Waals surface area (Å²) in [4.78, 5) is 0. The molecule has 0 spiro atoms. The number of nitrogens with one attached hydrogen (secondary N) is 1. The van der Waals surface area contributed by atoms with Crippen LogP contribution in [0.25, 0.3) is 0 Å². The fraction of sp³-hybridized carbons (Fsp3) is 0.400. The predicted octanol–water partition coefficient (Wildman–Crippen LogP) is 0.858. The van der Waals surface area contributed by atoms with Gasteiger partial charge in [-0.15, -0.1) is 0 Å². The third-order valence-electron chi connectivity index (χ3n) is 1.94. The molecule has 1 aromatic rings. The molecule has 1 rings (SSSR count). The fourth-order valence-electron chi connectivity index (χ4n) is 1.16. The Kier molecular flexibility index (Phi) is 3.73. The van der Waals surface area contributed by atoms with Crippen LogP contribution in [0.4, 0.5) is 5.69 Å². The van der Waals surface area contributed by atoms with Crippen LogP contribution in [0.1, 0.15) is 11.1 Å². The molecule has 0 heterocycles. The summed E-state index contributed by atoms with van der Waals surface area (Å²) in [5.74, 6) is 0. The summed E-state index contributed by atoms with van der Waals surface area (Å²) >= 11 is 0. The molecule has 0 saturated carbocycles. The minimum atomic E-state index is 0.0809. The summed E-state index contributed by atoms with van der Waals surface area (Å²) in [5, 5.41) is 12.1. The van der Waals surface area contributed by atoms with E-state index in [1.807, 2.05) is 25.1 Å². The normalized spacial score (nSPS) is 10.1. The van der Waals surface area contributed by atoms with Crippen LogP contribution >= 0.6 is 0 Å². The average molecular weight is 180 g/mol. The minimum absolute atomic E-state index is 0.0809. The Labute approximate surface area is 78.6 Å². The second-order valence-corrected chi connectivity index (χ2v) is 3.02. The molecule has 72 valence electrons. The van der Waals surface area contributed by atoms with Crippen LogP contribution in [0.2, 0.25) is 0 Å². The van der Waals surface area contributed by atoms with Gasteiger partial charge in [-0.3, -0.25) is 0 Å². The van der Waals surface area contributed by atoms with E-state index in [0.717, 1.165) is 17.8 Å². The van der Waals surface area contributed by atoms with Crippen molar-refractivity contribution >= 4 is 5.69 Å². The van der Waals surface area contributed by atoms with Gasteiger partial charge in [0.15, 0.2) is 0 Å². The van der Waals surface area contributed by atoms with Gasteiger partial charge >= 0.3 is 0 Å². The van der Waals surface area contributed by atoms with Crippen LogP contribution in [0.15, 0.2) is 18.2 Å². The zero-order chi connectivity index (χ0) is 9.68. The van der Waals surface area contributed by atoms with Gasteiger partial charge in [0.1, 0.15) is 0 Å². The quantitative estimate of drug-likeness (QED) is 0.644. The molecule has 3 nitrogen and oxygen atoms in total.